The van der Waals surface area contributed by atoms with Crippen molar-refractivity contribution in [1.29, 1.82) is 0 Å². The Balaban J connectivity index is 1.52. The molecular weight excluding hydrogens is 392 g/mol. The van der Waals surface area contributed by atoms with Crippen LogP contribution in [0, 0.1) is 20.8 Å². The number of aromatic nitrogens is 2. The van der Waals surface area contributed by atoms with Gasteiger partial charge in [0.15, 0.2) is 0 Å². The first-order valence-electron chi connectivity index (χ1n) is 10.6. The van der Waals surface area contributed by atoms with Crippen molar-refractivity contribution < 1.29 is 9.59 Å². The molecule has 31 heavy (non-hydrogen) atoms. The van der Waals surface area contributed by atoms with Gasteiger partial charge in [-0.3, -0.25) is 19.4 Å². The minimum atomic E-state index is -0.0492. The number of hydrogen-bond donors (Lipinski definition) is 2. The molecule has 3 rings (SSSR count). The average Bonchev–Trinajstić information content (AvgIpc) is 3.02. The third-order valence-electron chi connectivity index (χ3n) is 5.48. The minimum Gasteiger partial charge on any atom is -0.352 e. The van der Waals surface area contributed by atoms with Crippen molar-refractivity contribution in [2.45, 2.75) is 20.8 Å². The van der Waals surface area contributed by atoms with Gasteiger partial charge < -0.3 is 10.6 Å². The van der Waals surface area contributed by atoms with Crippen molar-refractivity contribution in [3.63, 3.8) is 0 Å². The third-order valence-corrected chi connectivity index (χ3v) is 5.48. The average molecular weight is 425 g/mol. The van der Waals surface area contributed by atoms with E-state index in [1.807, 2.05) is 49.7 Å². The molecule has 2 aromatic rings. The second-order valence-corrected chi connectivity index (χ2v) is 7.99. The van der Waals surface area contributed by atoms with Gasteiger partial charge in [-0.15, -0.1) is 6.58 Å². The maximum Gasteiger partial charge on any atom is 0.238 e. The van der Waals surface area contributed by atoms with Crippen molar-refractivity contribution in [3.05, 3.63) is 53.9 Å². The van der Waals surface area contributed by atoms with Crippen LogP contribution in [-0.2, 0) is 9.59 Å². The van der Waals surface area contributed by atoms with E-state index in [-0.39, 0.29) is 11.8 Å². The largest absolute Gasteiger partial charge is 0.352 e. The smallest absolute Gasteiger partial charge is 0.238 e. The fraction of sp³-hybridized carbons (Fsp3) is 0.435. The highest BCUT2D eigenvalue weighted by atomic mass is 16.2. The number of nitrogens with one attached hydrogen (secondary N) is 2. The molecule has 2 amide bonds. The molecule has 1 aromatic heterocycles. The van der Waals surface area contributed by atoms with Gasteiger partial charge in [0.25, 0.3) is 0 Å². The van der Waals surface area contributed by atoms with Gasteiger partial charge in [0.1, 0.15) is 0 Å². The highest BCUT2D eigenvalue weighted by Gasteiger charge is 2.22. The molecule has 8 nitrogen and oxygen atoms in total. The number of piperazine rings is 1. The number of rotatable bonds is 8. The van der Waals surface area contributed by atoms with E-state index < -0.39 is 0 Å². The Morgan fingerprint density at radius 2 is 1.58 bits per heavy atom. The molecule has 0 unspecified atom stereocenters. The summed E-state index contributed by atoms with van der Waals surface area (Å²) in [5, 5.41) is 10.4. The Hall–Kier alpha value is -2.97. The Morgan fingerprint density at radius 1 is 1.00 bits per heavy atom. The van der Waals surface area contributed by atoms with E-state index in [1.165, 1.54) is 5.56 Å². The van der Waals surface area contributed by atoms with Gasteiger partial charge in [0.2, 0.25) is 11.8 Å². The Bertz CT molecular complexity index is 926. The first-order valence-corrected chi connectivity index (χ1v) is 10.6. The van der Waals surface area contributed by atoms with Gasteiger partial charge in [-0.2, -0.15) is 5.10 Å². The third kappa shape index (κ3) is 6.02. The number of carbonyl (C=O) groups is 2. The number of hydrogen-bond acceptors (Lipinski definition) is 5. The molecule has 0 aliphatic carbocycles. The predicted octanol–water partition coefficient (Wildman–Crippen LogP) is 1.66. The van der Waals surface area contributed by atoms with Gasteiger partial charge in [0.05, 0.1) is 35.9 Å². The zero-order chi connectivity index (χ0) is 22.4. The lowest BCUT2D eigenvalue weighted by Crippen LogP contribution is -2.51. The van der Waals surface area contributed by atoms with Gasteiger partial charge in [-0.25, -0.2) is 4.68 Å². The van der Waals surface area contributed by atoms with Gasteiger partial charge >= 0.3 is 0 Å². The van der Waals surface area contributed by atoms with Gasteiger partial charge in [-0.05, 0) is 32.9 Å². The van der Waals surface area contributed by atoms with E-state index in [2.05, 4.69) is 32.1 Å². The van der Waals surface area contributed by atoms with Crippen molar-refractivity contribution >= 4 is 17.5 Å². The van der Waals surface area contributed by atoms with Crippen LogP contribution in [0.25, 0.3) is 5.69 Å². The Labute approximate surface area is 183 Å². The van der Waals surface area contributed by atoms with Crippen LogP contribution < -0.4 is 10.6 Å². The molecule has 1 aromatic carbocycles. The quantitative estimate of drug-likeness (QED) is 0.630. The Morgan fingerprint density at radius 3 is 2.16 bits per heavy atom. The summed E-state index contributed by atoms with van der Waals surface area (Å²) in [7, 11) is 0. The predicted molar refractivity (Wildman–Crippen MR) is 122 cm³/mol. The number of aryl methyl sites for hydroxylation is 2. The summed E-state index contributed by atoms with van der Waals surface area (Å²) in [6.07, 6.45) is 1.67. The summed E-state index contributed by atoms with van der Waals surface area (Å²) in [5.74, 6) is -0.0468. The second-order valence-electron chi connectivity index (χ2n) is 7.99. The fourth-order valence-corrected chi connectivity index (χ4v) is 3.69. The monoisotopic (exact) mass is 424 g/mol. The number of benzene rings is 1. The first-order chi connectivity index (χ1) is 14.9. The van der Waals surface area contributed by atoms with Crippen LogP contribution >= 0.6 is 0 Å². The molecule has 8 heteroatoms. The van der Waals surface area contributed by atoms with E-state index in [0.717, 1.165) is 48.9 Å². The molecule has 2 heterocycles. The van der Waals surface area contributed by atoms with Crippen LogP contribution in [0.3, 0.4) is 0 Å². The lowest BCUT2D eigenvalue weighted by Gasteiger charge is -2.33. The fourth-order valence-electron chi connectivity index (χ4n) is 3.69. The van der Waals surface area contributed by atoms with Gasteiger partial charge in [0, 0.05) is 32.7 Å². The number of amides is 2. The van der Waals surface area contributed by atoms with Crippen LogP contribution in [0.1, 0.15) is 17.0 Å². The zero-order valence-corrected chi connectivity index (χ0v) is 18.6. The standard InChI is InChI=1S/C23H32N6O2/c1-5-10-24-21(30)15-27-11-13-28(14-12-27)16-22(31)25-23-18(3)26-29(19(23)4)20-8-6-17(2)7-9-20/h5-9H,1,10-16H2,2-4H3,(H,24,30)(H,25,31). The van der Waals surface area contributed by atoms with E-state index in [9.17, 15) is 9.59 Å². The number of carbonyl (C=O) groups excluding carboxylic acids is 2. The van der Waals surface area contributed by atoms with Crippen molar-refractivity contribution in [2.75, 3.05) is 51.1 Å². The van der Waals surface area contributed by atoms with Crippen molar-refractivity contribution in [2.24, 2.45) is 0 Å². The molecule has 0 bridgehead atoms. The van der Waals surface area contributed by atoms with E-state index in [0.29, 0.717) is 19.6 Å². The molecule has 0 radical (unpaired) electrons. The van der Waals surface area contributed by atoms with Crippen molar-refractivity contribution in [3.8, 4) is 5.69 Å². The van der Waals surface area contributed by atoms with Crippen LogP contribution in [0.15, 0.2) is 36.9 Å². The highest BCUT2D eigenvalue weighted by molar-refractivity contribution is 5.93. The lowest BCUT2D eigenvalue weighted by atomic mass is 10.2. The summed E-state index contributed by atoms with van der Waals surface area (Å²) in [4.78, 5) is 28.7. The zero-order valence-electron chi connectivity index (χ0n) is 18.6. The van der Waals surface area contributed by atoms with E-state index >= 15 is 0 Å². The van der Waals surface area contributed by atoms with Crippen LogP contribution in [0.4, 0.5) is 5.69 Å². The van der Waals surface area contributed by atoms with E-state index in [4.69, 9.17) is 0 Å². The molecular formula is C23H32N6O2. The summed E-state index contributed by atoms with van der Waals surface area (Å²) >= 11 is 0. The van der Waals surface area contributed by atoms with E-state index in [1.54, 1.807) is 6.08 Å². The topological polar surface area (TPSA) is 82.5 Å². The summed E-state index contributed by atoms with van der Waals surface area (Å²) in [6.45, 7) is 13.7. The van der Waals surface area contributed by atoms with Crippen LogP contribution in [0.5, 0.6) is 0 Å². The highest BCUT2D eigenvalue weighted by Crippen LogP contribution is 2.23. The van der Waals surface area contributed by atoms with Crippen LogP contribution in [0.2, 0.25) is 0 Å². The molecule has 1 saturated heterocycles. The SMILES string of the molecule is C=CCNC(=O)CN1CCN(CC(=O)Nc2c(C)nn(-c3ccc(C)cc3)c2C)CC1. The number of anilines is 1. The number of nitrogens with zero attached hydrogens (tertiary/aromatic N) is 4. The molecule has 0 saturated carbocycles. The first kappa shape index (κ1) is 22.7. The molecule has 1 aliphatic heterocycles. The van der Waals surface area contributed by atoms with Crippen molar-refractivity contribution in [1.82, 2.24) is 24.9 Å². The summed E-state index contributed by atoms with van der Waals surface area (Å²) in [6, 6.07) is 8.15. The molecule has 0 atom stereocenters. The molecule has 1 fully saturated rings. The van der Waals surface area contributed by atoms with Gasteiger partial charge in [-0.1, -0.05) is 23.8 Å². The van der Waals surface area contributed by atoms with Crippen LogP contribution in [-0.4, -0.2) is 77.2 Å². The maximum absolute atomic E-state index is 12.7. The Kier molecular flexibility index (Phi) is 7.59. The molecule has 0 spiro atoms. The minimum absolute atomic E-state index is 0.00244. The normalized spacial score (nSPS) is 14.9. The summed E-state index contributed by atoms with van der Waals surface area (Å²) < 4.78 is 1.86. The summed E-state index contributed by atoms with van der Waals surface area (Å²) in [5.41, 5.74) is 4.63. The second kappa shape index (κ2) is 10.4. The molecule has 1 aliphatic rings. The molecule has 2 N–H and O–H groups in total. The maximum atomic E-state index is 12.7. The lowest BCUT2D eigenvalue weighted by molar-refractivity contribution is -0.123. The molecule has 166 valence electrons.